The van der Waals surface area contributed by atoms with E-state index in [1.54, 1.807) is 0 Å². The van der Waals surface area contributed by atoms with Crippen molar-refractivity contribution in [2.45, 2.75) is 45.4 Å². The molecule has 0 spiro atoms. The van der Waals surface area contributed by atoms with Crippen molar-refractivity contribution < 1.29 is 25.5 Å². The SMILES string of the molecule is C=CC1(C)O[Si](C)(C=C)CCC1(C)C.[Pt]. The van der Waals surface area contributed by atoms with Crippen LogP contribution in [0.3, 0.4) is 0 Å². The van der Waals surface area contributed by atoms with Crippen molar-refractivity contribution in [2.24, 2.45) is 5.41 Å². The molecule has 0 saturated carbocycles. The Kier molecular flexibility index (Phi) is 4.80. The molecule has 1 aliphatic heterocycles. The maximum Gasteiger partial charge on any atom is 0.214 e. The van der Waals surface area contributed by atoms with Gasteiger partial charge in [-0.25, -0.2) is 0 Å². The molecule has 0 aliphatic carbocycles. The second-order valence-electron chi connectivity index (χ2n) is 5.31. The molecule has 0 aromatic heterocycles. The van der Waals surface area contributed by atoms with E-state index < -0.39 is 8.32 Å². The van der Waals surface area contributed by atoms with Gasteiger partial charge in [0.1, 0.15) is 0 Å². The van der Waals surface area contributed by atoms with Crippen LogP contribution in [0, 0.1) is 5.41 Å². The molecule has 0 radical (unpaired) electrons. The first-order chi connectivity index (χ1) is 6.29. The van der Waals surface area contributed by atoms with E-state index >= 15 is 0 Å². The second-order valence-corrected chi connectivity index (χ2v) is 9.05. The minimum atomic E-state index is -1.66. The first-order valence-corrected chi connectivity index (χ1v) is 7.95. The molecule has 3 heteroatoms. The van der Waals surface area contributed by atoms with Crippen LogP contribution >= 0.6 is 0 Å². The molecule has 15 heavy (non-hydrogen) atoms. The number of hydrogen-bond acceptors (Lipinski definition) is 1. The van der Waals surface area contributed by atoms with Crippen molar-refractivity contribution in [3.63, 3.8) is 0 Å². The van der Waals surface area contributed by atoms with Crippen molar-refractivity contribution in [3.8, 4) is 0 Å². The van der Waals surface area contributed by atoms with E-state index in [2.05, 4.69) is 40.5 Å². The Morgan fingerprint density at radius 3 is 2.20 bits per heavy atom. The predicted molar refractivity (Wildman–Crippen MR) is 64.7 cm³/mol. The zero-order chi connectivity index (χ0) is 11.0. The Labute approximate surface area is 109 Å². The molecular formula is C12H22OPtSi. The quantitative estimate of drug-likeness (QED) is 0.503. The molecular weight excluding hydrogens is 383 g/mol. The molecule has 1 rings (SSSR count). The summed E-state index contributed by atoms with van der Waals surface area (Å²) in [7, 11) is -1.66. The van der Waals surface area contributed by atoms with Crippen LogP contribution in [0.2, 0.25) is 12.6 Å². The number of hydrogen-bond donors (Lipinski definition) is 0. The molecule has 1 heterocycles. The van der Waals surface area contributed by atoms with E-state index in [1.165, 1.54) is 12.5 Å². The third kappa shape index (κ3) is 2.72. The van der Waals surface area contributed by atoms with E-state index in [4.69, 9.17) is 4.43 Å². The van der Waals surface area contributed by atoms with Crippen LogP contribution < -0.4 is 0 Å². The van der Waals surface area contributed by atoms with Crippen LogP contribution in [0.15, 0.2) is 24.9 Å². The zero-order valence-corrected chi connectivity index (χ0v) is 13.5. The fourth-order valence-corrected chi connectivity index (χ4v) is 4.78. The minimum absolute atomic E-state index is 0. The van der Waals surface area contributed by atoms with Crippen LogP contribution in [0.4, 0.5) is 0 Å². The fraction of sp³-hybridized carbons (Fsp3) is 0.667. The van der Waals surface area contributed by atoms with Gasteiger partial charge >= 0.3 is 0 Å². The Morgan fingerprint density at radius 1 is 1.27 bits per heavy atom. The fourth-order valence-electron chi connectivity index (χ4n) is 1.94. The topological polar surface area (TPSA) is 9.23 Å². The maximum absolute atomic E-state index is 6.28. The van der Waals surface area contributed by atoms with Gasteiger partial charge in [0, 0.05) is 21.1 Å². The van der Waals surface area contributed by atoms with E-state index in [0.29, 0.717) is 0 Å². The largest absolute Gasteiger partial charge is 0.404 e. The first-order valence-electron chi connectivity index (χ1n) is 5.26. The van der Waals surface area contributed by atoms with Crippen LogP contribution in [-0.4, -0.2) is 13.9 Å². The van der Waals surface area contributed by atoms with E-state index in [-0.39, 0.29) is 32.1 Å². The molecule has 1 aliphatic rings. The molecule has 2 atom stereocenters. The molecule has 0 bridgehead atoms. The van der Waals surface area contributed by atoms with Gasteiger partial charge in [-0.2, -0.15) is 0 Å². The smallest absolute Gasteiger partial charge is 0.214 e. The monoisotopic (exact) mass is 405 g/mol. The first kappa shape index (κ1) is 15.3. The summed E-state index contributed by atoms with van der Waals surface area (Å²) in [4.78, 5) is 0. The normalized spacial score (nSPS) is 38.9. The van der Waals surface area contributed by atoms with Crippen molar-refractivity contribution in [1.29, 1.82) is 0 Å². The summed E-state index contributed by atoms with van der Waals surface area (Å²) in [6.07, 6.45) is 3.16. The van der Waals surface area contributed by atoms with E-state index in [9.17, 15) is 0 Å². The summed E-state index contributed by atoms with van der Waals surface area (Å²) in [5.41, 5.74) is 2.04. The standard InChI is InChI=1S/C12H22OSi.Pt/c1-7-12(5)11(3,4)9-10-14(6,8-2)13-12;/h7-8H,1-2,9-10H2,3-6H3;. The average molecular weight is 405 g/mol. The van der Waals surface area contributed by atoms with Crippen molar-refractivity contribution >= 4 is 8.32 Å². The molecule has 90 valence electrons. The van der Waals surface area contributed by atoms with Gasteiger partial charge in [-0.1, -0.05) is 25.6 Å². The molecule has 1 saturated heterocycles. The third-order valence-electron chi connectivity index (χ3n) is 3.86. The number of rotatable bonds is 2. The third-order valence-corrected chi connectivity index (χ3v) is 6.85. The molecule has 0 aromatic rings. The second kappa shape index (κ2) is 4.69. The van der Waals surface area contributed by atoms with Crippen molar-refractivity contribution in [1.82, 2.24) is 0 Å². The van der Waals surface area contributed by atoms with Gasteiger partial charge in [0.25, 0.3) is 0 Å². The van der Waals surface area contributed by atoms with Gasteiger partial charge in [0.05, 0.1) is 5.60 Å². The van der Waals surface area contributed by atoms with Crippen molar-refractivity contribution in [3.05, 3.63) is 24.9 Å². The summed E-state index contributed by atoms with van der Waals surface area (Å²) in [5.74, 6) is 0. The van der Waals surface area contributed by atoms with Gasteiger partial charge in [-0.15, -0.1) is 13.2 Å². The minimum Gasteiger partial charge on any atom is -0.404 e. The molecule has 1 nitrogen and oxygen atoms in total. The zero-order valence-electron chi connectivity index (χ0n) is 10.2. The van der Waals surface area contributed by atoms with Gasteiger partial charge in [-0.05, 0) is 31.4 Å². The van der Waals surface area contributed by atoms with E-state index in [1.807, 2.05) is 11.8 Å². The summed E-state index contributed by atoms with van der Waals surface area (Å²) >= 11 is 0. The van der Waals surface area contributed by atoms with Gasteiger partial charge in [-0.3, -0.25) is 0 Å². The average Bonchev–Trinajstić information content (AvgIpc) is 2.13. The van der Waals surface area contributed by atoms with Crippen LogP contribution in [0.25, 0.3) is 0 Å². The van der Waals surface area contributed by atoms with Crippen molar-refractivity contribution in [2.75, 3.05) is 0 Å². The van der Waals surface area contributed by atoms with E-state index in [0.717, 1.165) is 0 Å². The van der Waals surface area contributed by atoms with Gasteiger partial charge in [0.2, 0.25) is 8.32 Å². The van der Waals surface area contributed by atoms with Crippen LogP contribution in [-0.2, 0) is 25.5 Å². The molecule has 2 unspecified atom stereocenters. The van der Waals surface area contributed by atoms with Gasteiger partial charge in [0.15, 0.2) is 0 Å². The Bertz CT molecular complexity index is 264. The molecule has 0 amide bonds. The maximum atomic E-state index is 6.28. The summed E-state index contributed by atoms with van der Waals surface area (Å²) < 4.78 is 6.28. The summed E-state index contributed by atoms with van der Waals surface area (Å²) in [6.45, 7) is 16.7. The molecule has 0 aromatic carbocycles. The predicted octanol–water partition coefficient (Wildman–Crippen LogP) is 3.68. The molecule has 0 N–H and O–H groups in total. The Hall–Kier alpha value is 0.345. The Morgan fingerprint density at radius 2 is 1.80 bits per heavy atom. The van der Waals surface area contributed by atoms with Gasteiger partial charge < -0.3 is 4.43 Å². The van der Waals surface area contributed by atoms with Crippen LogP contribution in [0.1, 0.15) is 27.2 Å². The van der Waals surface area contributed by atoms with Crippen LogP contribution in [0.5, 0.6) is 0 Å². The summed E-state index contributed by atoms with van der Waals surface area (Å²) in [5, 5.41) is 0. The Balaban J connectivity index is 0.00000196. The molecule has 1 fully saturated rings. The summed E-state index contributed by atoms with van der Waals surface area (Å²) in [6, 6.07) is 1.17.